The molecule has 1 aliphatic rings. The third-order valence-electron chi connectivity index (χ3n) is 5.03. The summed E-state index contributed by atoms with van der Waals surface area (Å²) in [6, 6.07) is 15.9. The highest BCUT2D eigenvalue weighted by Gasteiger charge is 2.20. The number of methoxy groups -OCH3 is 1. The number of hydrogen-bond donors (Lipinski definition) is 1. The molecule has 3 aromatic rings. The molecule has 162 valence electrons. The molecule has 1 N–H and O–H groups in total. The van der Waals surface area contributed by atoms with Gasteiger partial charge in [0.2, 0.25) is 0 Å². The van der Waals surface area contributed by atoms with Crippen molar-refractivity contribution in [2.24, 2.45) is 0 Å². The van der Waals surface area contributed by atoms with Crippen molar-refractivity contribution >= 4 is 21.5 Å². The summed E-state index contributed by atoms with van der Waals surface area (Å²) in [5.41, 5.74) is 2.84. The maximum atomic E-state index is 12.8. The van der Waals surface area contributed by atoms with Crippen LogP contribution in [0.3, 0.4) is 0 Å². The molecule has 1 aromatic heterocycles. The van der Waals surface area contributed by atoms with Gasteiger partial charge in [0.25, 0.3) is 10.0 Å². The van der Waals surface area contributed by atoms with Gasteiger partial charge < -0.3 is 14.4 Å². The number of rotatable bonds is 6. The number of morpholine rings is 1. The van der Waals surface area contributed by atoms with Crippen molar-refractivity contribution in [2.45, 2.75) is 11.8 Å². The SMILES string of the molecule is COc1ccc(C)cc1S(=O)(=O)Nc1ccc(-c2ccc(N3CCOCC3)nn2)cc1. The van der Waals surface area contributed by atoms with E-state index in [0.717, 1.165) is 30.0 Å². The van der Waals surface area contributed by atoms with Gasteiger partial charge in [-0.15, -0.1) is 10.2 Å². The lowest BCUT2D eigenvalue weighted by molar-refractivity contribution is 0.122. The molecule has 31 heavy (non-hydrogen) atoms. The lowest BCUT2D eigenvalue weighted by atomic mass is 10.1. The highest BCUT2D eigenvalue weighted by Crippen LogP contribution is 2.28. The first-order valence-corrected chi connectivity index (χ1v) is 11.4. The van der Waals surface area contributed by atoms with Crippen LogP contribution in [0.5, 0.6) is 5.75 Å². The number of aryl methyl sites for hydroxylation is 1. The largest absolute Gasteiger partial charge is 0.495 e. The summed E-state index contributed by atoms with van der Waals surface area (Å²) in [6.45, 7) is 4.81. The Morgan fingerprint density at radius 2 is 1.74 bits per heavy atom. The fourth-order valence-electron chi connectivity index (χ4n) is 3.35. The summed E-state index contributed by atoms with van der Waals surface area (Å²) < 4.78 is 38.9. The number of aromatic nitrogens is 2. The third-order valence-corrected chi connectivity index (χ3v) is 6.43. The van der Waals surface area contributed by atoms with Crippen LogP contribution < -0.4 is 14.4 Å². The monoisotopic (exact) mass is 440 g/mol. The fraction of sp³-hybridized carbons (Fsp3) is 0.273. The van der Waals surface area contributed by atoms with Crippen LogP contribution in [0.2, 0.25) is 0 Å². The highest BCUT2D eigenvalue weighted by molar-refractivity contribution is 7.92. The minimum absolute atomic E-state index is 0.101. The first-order valence-electron chi connectivity index (χ1n) is 9.90. The summed E-state index contributed by atoms with van der Waals surface area (Å²) in [6.07, 6.45) is 0. The van der Waals surface area contributed by atoms with Crippen LogP contribution in [-0.2, 0) is 14.8 Å². The van der Waals surface area contributed by atoms with Gasteiger partial charge in [-0.3, -0.25) is 4.72 Å². The third kappa shape index (κ3) is 4.78. The van der Waals surface area contributed by atoms with Crippen molar-refractivity contribution in [3.05, 3.63) is 60.2 Å². The smallest absolute Gasteiger partial charge is 0.265 e. The van der Waals surface area contributed by atoms with Gasteiger partial charge in [0.1, 0.15) is 10.6 Å². The zero-order chi connectivity index (χ0) is 21.8. The number of hydrogen-bond acceptors (Lipinski definition) is 7. The number of benzene rings is 2. The number of ether oxygens (including phenoxy) is 2. The van der Waals surface area contributed by atoms with Gasteiger partial charge in [-0.05, 0) is 48.9 Å². The molecule has 0 aliphatic carbocycles. The zero-order valence-corrected chi connectivity index (χ0v) is 18.2. The molecular formula is C22H24N4O4S. The molecule has 1 fully saturated rings. The van der Waals surface area contributed by atoms with Crippen molar-refractivity contribution < 1.29 is 17.9 Å². The lowest BCUT2D eigenvalue weighted by Gasteiger charge is -2.27. The maximum absolute atomic E-state index is 12.8. The summed E-state index contributed by atoms with van der Waals surface area (Å²) in [5.74, 6) is 1.12. The van der Waals surface area contributed by atoms with E-state index < -0.39 is 10.0 Å². The lowest BCUT2D eigenvalue weighted by Crippen LogP contribution is -2.36. The van der Waals surface area contributed by atoms with E-state index in [2.05, 4.69) is 19.8 Å². The Morgan fingerprint density at radius 3 is 2.39 bits per heavy atom. The first kappa shape index (κ1) is 21.1. The number of nitrogens with zero attached hydrogens (tertiary/aromatic N) is 3. The van der Waals surface area contributed by atoms with Crippen molar-refractivity contribution in [1.29, 1.82) is 0 Å². The maximum Gasteiger partial charge on any atom is 0.265 e. The van der Waals surface area contributed by atoms with Gasteiger partial charge >= 0.3 is 0 Å². The van der Waals surface area contributed by atoms with E-state index in [9.17, 15) is 8.42 Å². The van der Waals surface area contributed by atoms with Gasteiger partial charge in [0, 0.05) is 24.3 Å². The Bertz CT molecular complexity index is 1140. The van der Waals surface area contributed by atoms with E-state index in [4.69, 9.17) is 9.47 Å². The average Bonchev–Trinajstić information content (AvgIpc) is 2.80. The Balaban J connectivity index is 1.50. The molecule has 0 atom stereocenters. The second kappa shape index (κ2) is 8.91. The molecule has 2 heterocycles. The normalized spacial score (nSPS) is 14.3. The molecule has 0 unspecified atom stereocenters. The van der Waals surface area contributed by atoms with Crippen molar-refractivity contribution in [3.63, 3.8) is 0 Å². The highest BCUT2D eigenvalue weighted by atomic mass is 32.2. The average molecular weight is 441 g/mol. The minimum atomic E-state index is -3.79. The van der Waals surface area contributed by atoms with Crippen LogP contribution >= 0.6 is 0 Å². The Labute approximate surface area is 181 Å². The molecule has 0 bridgehead atoms. The molecule has 4 rings (SSSR count). The van der Waals surface area contributed by atoms with E-state index in [1.165, 1.54) is 7.11 Å². The Kier molecular flexibility index (Phi) is 6.06. The topological polar surface area (TPSA) is 93.7 Å². The molecule has 1 aliphatic heterocycles. The molecule has 0 radical (unpaired) electrons. The molecule has 8 nitrogen and oxygen atoms in total. The number of anilines is 2. The predicted octanol–water partition coefficient (Wildman–Crippen LogP) is 3.10. The van der Waals surface area contributed by atoms with Crippen LogP contribution in [-0.4, -0.2) is 52.0 Å². The van der Waals surface area contributed by atoms with E-state index in [1.807, 2.05) is 31.2 Å². The predicted molar refractivity (Wildman–Crippen MR) is 119 cm³/mol. The molecule has 1 saturated heterocycles. The number of sulfonamides is 1. The van der Waals surface area contributed by atoms with Crippen LogP contribution in [0.4, 0.5) is 11.5 Å². The summed E-state index contributed by atoms with van der Waals surface area (Å²) >= 11 is 0. The first-order chi connectivity index (χ1) is 15.0. The molecule has 0 spiro atoms. The van der Waals surface area contributed by atoms with Crippen molar-refractivity contribution in [2.75, 3.05) is 43.0 Å². The molecule has 9 heteroatoms. The second-order valence-corrected chi connectivity index (χ2v) is 8.86. The standard InChI is InChI=1S/C22H24N4O4S/c1-16-3-9-20(29-2)21(15-16)31(27,28)25-18-6-4-17(5-7-18)19-8-10-22(24-23-19)26-11-13-30-14-12-26/h3-10,15,25H,11-14H2,1-2H3. The van der Waals surface area contributed by atoms with Gasteiger partial charge in [0.15, 0.2) is 5.82 Å². The van der Waals surface area contributed by atoms with Crippen molar-refractivity contribution in [1.82, 2.24) is 10.2 Å². The fourth-order valence-corrected chi connectivity index (χ4v) is 4.67. The van der Waals surface area contributed by atoms with Gasteiger partial charge in [-0.25, -0.2) is 8.42 Å². The van der Waals surface area contributed by atoms with Crippen molar-refractivity contribution in [3.8, 4) is 17.0 Å². The summed E-state index contributed by atoms with van der Waals surface area (Å²) in [4.78, 5) is 2.24. The molecule has 2 aromatic carbocycles. The Hall–Kier alpha value is -3.17. The van der Waals surface area contributed by atoms with Crippen LogP contribution in [0, 0.1) is 6.92 Å². The van der Waals surface area contributed by atoms with Crippen LogP contribution in [0.1, 0.15) is 5.56 Å². The van der Waals surface area contributed by atoms with Crippen LogP contribution in [0.25, 0.3) is 11.3 Å². The summed E-state index contributed by atoms with van der Waals surface area (Å²) in [7, 11) is -2.34. The second-order valence-electron chi connectivity index (χ2n) is 7.21. The summed E-state index contributed by atoms with van der Waals surface area (Å²) in [5, 5.41) is 8.64. The van der Waals surface area contributed by atoms with Gasteiger partial charge in [-0.1, -0.05) is 18.2 Å². The van der Waals surface area contributed by atoms with E-state index in [1.54, 1.807) is 30.3 Å². The van der Waals surface area contributed by atoms with E-state index in [-0.39, 0.29) is 4.90 Å². The van der Waals surface area contributed by atoms with E-state index in [0.29, 0.717) is 30.3 Å². The van der Waals surface area contributed by atoms with Gasteiger partial charge in [-0.2, -0.15) is 0 Å². The van der Waals surface area contributed by atoms with Crippen LogP contribution in [0.15, 0.2) is 59.5 Å². The zero-order valence-electron chi connectivity index (χ0n) is 17.4. The number of nitrogens with one attached hydrogen (secondary N) is 1. The quantitative estimate of drug-likeness (QED) is 0.629. The Morgan fingerprint density at radius 1 is 1.00 bits per heavy atom. The minimum Gasteiger partial charge on any atom is -0.495 e. The molecule has 0 saturated carbocycles. The van der Waals surface area contributed by atoms with Gasteiger partial charge in [0.05, 0.1) is 26.0 Å². The molecule has 0 amide bonds. The molecular weight excluding hydrogens is 416 g/mol. The van der Waals surface area contributed by atoms with E-state index >= 15 is 0 Å².